The fourth-order valence-corrected chi connectivity index (χ4v) is 1.86. The zero-order valence-corrected chi connectivity index (χ0v) is 8.33. The van der Waals surface area contributed by atoms with Crippen molar-refractivity contribution in [1.82, 2.24) is 9.21 Å². The Labute approximate surface area is 80.7 Å². The van der Waals surface area contributed by atoms with Crippen LogP contribution in [-0.2, 0) is 11.3 Å². The van der Waals surface area contributed by atoms with E-state index in [0.717, 1.165) is 26.1 Å². The SMILES string of the molecule is O=S([O-])N1CCN(CCCO)CC1. The Kier molecular flexibility index (Phi) is 4.82. The van der Waals surface area contributed by atoms with E-state index in [2.05, 4.69) is 4.90 Å². The lowest BCUT2D eigenvalue weighted by atomic mass is 10.3. The number of nitrogens with zero attached hydrogens (tertiary/aromatic N) is 2. The molecular weight excluding hydrogens is 192 g/mol. The standard InChI is InChI=1S/C7H16N2O3S/c10-7-1-2-8-3-5-9(6-4-8)13(11)12/h10H,1-7H2,(H,11,12)/p-1. The lowest BCUT2D eigenvalue weighted by molar-refractivity contribution is 0.169. The molecule has 6 heteroatoms. The molecule has 0 aromatic heterocycles. The van der Waals surface area contributed by atoms with Crippen LogP contribution in [0.2, 0.25) is 0 Å². The third-order valence-electron chi connectivity index (χ3n) is 2.17. The van der Waals surface area contributed by atoms with Gasteiger partial charge in [-0.15, -0.1) is 0 Å². The quantitative estimate of drug-likeness (QED) is 0.587. The molecule has 1 aliphatic rings. The number of hydrogen-bond acceptors (Lipinski definition) is 4. The van der Waals surface area contributed by atoms with Crippen LogP contribution < -0.4 is 0 Å². The number of hydrogen-bond donors (Lipinski definition) is 1. The molecule has 1 atom stereocenters. The van der Waals surface area contributed by atoms with Gasteiger partial charge in [-0.05, 0) is 6.42 Å². The van der Waals surface area contributed by atoms with Crippen molar-refractivity contribution in [2.24, 2.45) is 0 Å². The molecule has 0 bridgehead atoms. The smallest absolute Gasteiger partial charge is 0.0443 e. The number of aliphatic hydroxyl groups is 1. The largest absolute Gasteiger partial charge is 0.760 e. The lowest BCUT2D eigenvalue weighted by Gasteiger charge is -2.35. The predicted octanol–water partition coefficient (Wildman–Crippen LogP) is -1.22. The van der Waals surface area contributed by atoms with Gasteiger partial charge in [-0.2, -0.15) is 0 Å². The fraction of sp³-hybridized carbons (Fsp3) is 1.00. The third kappa shape index (κ3) is 3.70. The van der Waals surface area contributed by atoms with E-state index in [4.69, 9.17) is 5.11 Å². The maximum absolute atomic E-state index is 10.5. The molecule has 1 fully saturated rings. The van der Waals surface area contributed by atoms with Crippen LogP contribution in [0.3, 0.4) is 0 Å². The van der Waals surface area contributed by atoms with Gasteiger partial charge in [0.05, 0.1) is 0 Å². The molecule has 0 amide bonds. The molecule has 0 aromatic carbocycles. The van der Waals surface area contributed by atoms with Crippen molar-refractivity contribution in [3.63, 3.8) is 0 Å². The first kappa shape index (κ1) is 11.1. The molecule has 13 heavy (non-hydrogen) atoms. The highest BCUT2D eigenvalue weighted by Crippen LogP contribution is 2.03. The molecule has 5 nitrogen and oxygen atoms in total. The summed E-state index contributed by atoms with van der Waals surface area (Å²) < 4.78 is 22.5. The Morgan fingerprint density at radius 3 is 2.38 bits per heavy atom. The minimum atomic E-state index is -2.07. The average molecular weight is 207 g/mol. The second kappa shape index (κ2) is 5.66. The molecule has 0 aromatic rings. The average Bonchev–Trinajstić information content (AvgIpc) is 2.15. The molecule has 0 aliphatic carbocycles. The summed E-state index contributed by atoms with van der Waals surface area (Å²) in [5.74, 6) is 0. The van der Waals surface area contributed by atoms with E-state index in [0.29, 0.717) is 13.1 Å². The number of rotatable bonds is 4. The minimum absolute atomic E-state index is 0.202. The van der Waals surface area contributed by atoms with Crippen LogP contribution in [0.15, 0.2) is 0 Å². The second-order valence-electron chi connectivity index (χ2n) is 3.06. The van der Waals surface area contributed by atoms with Crippen molar-refractivity contribution in [1.29, 1.82) is 0 Å². The summed E-state index contributed by atoms with van der Waals surface area (Å²) in [5.41, 5.74) is 0. The van der Waals surface area contributed by atoms with Crippen LogP contribution in [-0.4, -0.2) is 62.4 Å². The summed E-state index contributed by atoms with van der Waals surface area (Å²) >= 11 is -2.07. The van der Waals surface area contributed by atoms with E-state index in [1.807, 2.05) is 0 Å². The molecule has 1 N–H and O–H groups in total. The number of aliphatic hydroxyl groups excluding tert-OH is 1. The van der Waals surface area contributed by atoms with Gasteiger partial charge in [0.2, 0.25) is 0 Å². The van der Waals surface area contributed by atoms with Gasteiger partial charge in [0.15, 0.2) is 0 Å². The molecular formula is C7H15N2O3S-. The monoisotopic (exact) mass is 207 g/mol. The normalized spacial score (nSPS) is 23.2. The summed E-state index contributed by atoms with van der Waals surface area (Å²) in [4.78, 5) is 2.17. The van der Waals surface area contributed by atoms with Crippen LogP contribution in [0.25, 0.3) is 0 Å². The molecule has 0 saturated carbocycles. The molecule has 0 radical (unpaired) electrons. The van der Waals surface area contributed by atoms with Crippen molar-refractivity contribution >= 4 is 11.3 Å². The van der Waals surface area contributed by atoms with Gasteiger partial charge in [0.25, 0.3) is 0 Å². The van der Waals surface area contributed by atoms with Crippen LogP contribution >= 0.6 is 0 Å². The van der Waals surface area contributed by atoms with E-state index >= 15 is 0 Å². The predicted molar refractivity (Wildman–Crippen MR) is 48.6 cm³/mol. The summed E-state index contributed by atoms with van der Waals surface area (Å²) in [5, 5.41) is 8.60. The Bertz CT molecular complexity index is 171. The highest BCUT2D eigenvalue weighted by molar-refractivity contribution is 7.76. The highest BCUT2D eigenvalue weighted by Gasteiger charge is 2.16. The maximum atomic E-state index is 10.5. The summed E-state index contributed by atoms with van der Waals surface area (Å²) in [6, 6.07) is 0. The third-order valence-corrected chi connectivity index (χ3v) is 2.96. The van der Waals surface area contributed by atoms with E-state index in [-0.39, 0.29) is 6.61 Å². The van der Waals surface area contributed by atoms with Crippen LogP contribution in [0.5, 0.6) is 0 Å². The molecule has 1 unspecified atom stereocenters. The van der Waals surface area contributed by atoms with Gasteiger partial charge in [0, 0.05) is 50.6 Å². The van der Waals surface area contributed by atoms with Crippen molar-refractivity contribution in [2.75, 3.05) is 39.3 Å². The number of piperazine rings is 1. The Morgan fingerprint density at radius 2 is 1.92 bits per heavy atom. The Balaban J connectivity index is 2.18. The fourth-order valence-electron chi connectivity index (χ4n) is 1.40. The van der Waals surface area contributed by atoms with Gasteiger partial charge in [-0.1, -0.05) is 0 Å². The molecule has 1 aliphatic heterocycles. The topological polar surface area (TPSA) is 66.8 Å². The molecule has 1 saturated heterocycles. The van der Waals surface area contributed by atoms with Crippen LogP contribution in [0.4, 0.5) is 0 Å². The minimum Gasteiger partial charge on any atom is -0.760 e. The first-order valence-corrected chi connectivity index (χ1v) is 5.45. The maximum Gasteiger partial charge on any atom is 0.0443 e. The lowest BCUT2D eigenvalue weighted by Crippen LogP contribution is -2.47. The summed E-state index contributed by atoms with van der Waals surface area (Å²) in [6.07, 6.45) is 0.764. The highest BCUT2D eigenvalue weighted by atomic mass is 32.2. The summed E-state index contributed by atoms with van der Waals surface area (Å²) in [7, 11) is 0. The molecule has 0 spiro atoms. The molecule has 1 rings (SSSR count). The van der Waals surface area contributed by atoms with Crippen molar-refractivity contribution in [2.45, 2.75) is 6.42 Å². The van der Waals surface area contributed by atoms with Crippen molar-refractivity contribution in [3.8, 4) is 0 Å². The first-order valence-electron chi connectivity index (χ1n) is 4.41. The zero-order valence-electron chi connectivity index (χ0n) is 7.52. The van der Waals surface area contributed by atoms with Gasteiger partial charge in [-0.25, -0.2) is 4.31 Å². The van der Waals surface area contributed by atoms with Crippen LogP contribution in [0.1, 0.15) is 6.42 Å². The van der Waals surface area contributed by atoms with E-state index < -0.39 is 11.3 Å². The Morgan fingerprint density at radius 1 is 1.31 bits per heavy atom. The van der Waals surface area contributed by atoms with Crippen LogP contribution in [0, 0.1) is 0 Å². The van der Waals surface area contributed by atoms with Crippen molar-refractivity contribution < 1.29 is 13.9 Å². The van der Waals surface area contributed by atoms with Gasteiger partial charge in [0.1, 0.15) is 0 Å². The molecule has 1 heterocycles. The Hall–Kier alpha value is -0.0100. The van der Waals surface area contributed by atoms with Crippen molar-refractivity contribution in [3.05, 3.63) is 0 Å². The summed E-state index contributed by atoms with van der Waals surface area (Å²) in [6.45, 7) is 3.74. The first-order chi connectivity index (χ1) is 6.24. The second-order valence-corrected chi connectivity index (χ2v) is 4.02. The van der Waals surface area contributed by atoms with E-state index in [1.54, 1.807) is 0 Å². The van der Waals surface area contributed by atoms with E-state index in [9.17, 15) is 8.76 Å². The van der Waals surface area contributed by atoms with Gasteiger partial charge < -0.3 is 14.6 Å². The van der Waals surface area contributed by atoms with E-state index in [1.165, 1.54) is 4.31 Å². The van der Waals surface area contributed by atoms with Gasteiger partial charge >= 0.3 is 0 Å². The molecule has 78 valence electrons. The van der Waals surface area contributed by atoms with Gasteiger partial charge in [-0.3, -0.25) is 4.21 Å². The zero-order chi connectivity index (χ0) is 9.68.